The molecule has 0 bridgehead atoms. The van der Waals surface area contributed by atoms with Crippen LogP contribution in [-0.4, -0.2) is 40.0 Å². The van der Waals surface area contributed by atoms with Gasteiger partial charge in [-0.1, -0.05) is 41.5 Å². The van der Waals surface area contributed by atoms with Crippen molar-refractivity contribution in [2.45, 2.75) is 51.4 Å². The van der Waals surface area contributed by atoms with Crippen LogP contribution in [0.1, 0.15) is 34.1 Å². The minimum atomic E-state index is -0.947. The highest BCUT2D eigenvalue weighted by Crippen LogP contribution is 2.22. The number of ether oxygens (including phenoxy) is 1. The van der Waals surface area contributed by atoms with Crippen molar-refractivity contribution in [2.24, 2.45) is 5.92 Å². The van der Waals surface area contributed by atoms with Crippen LogP contribution in [0.15, 0.2) is 32.6 Å². The van der Waals surface area contributed by atoms with Gasteiger partial charge < -0.3 is 10.1 Å². The lowest BCUT2D eigenvalue weighted by atomic mass is 9.90. The summed E-state index contributed by atoms with van der Waals surface area (Å²) >= 11 is 4.59. The van der Waals surface area contributed by atoms with Gasteiger partial charge in [-0.2, -0.15) is 5.26 Å². The van der Waals surface area contributed by atoms with Gasteiger partial charge in [0, 0.05) is 24.2 Å². The molecule has 1 atom stereocenters. The highest BCUT2D eigenvalue weighted by atomic mass is 79.9. The lowest BCUT2D eigenvalue weighted by Crippen LogP contribution is -2.49. The fraction of sp³-hybridized carbons (Fsp3) is 0.524. The SMILES string of the molecule is CCOCCCn1c(SCC(=O)NC(C)(C#N)C(C)C)nc2ccc(Br)cc2c1=O. The zero-order valence-electron chi connectivity index (χ0n) is 17.7. The molecular weight excluding hydrogens is 468 g/mol. The van der Waals surface area contributed by atoms with Crippen LogP contribution >= 0.6 is 27.7 Å². The largest absolute Gasteiger partial charge is 0.382 e. The Morgan fingerprint density at radius 2 is 2.20 bits per heavy atom. The third-order valence-corrected chi connectivity index (χ3v) is 6.34. The Balaban J connectivity index is 2.27. The van der Waals surface area contributed by atoms with E-state index in [0.717, 1.165) is 4.47 Å². The number of carbonyl (C=O) groups is 1. The van der Waals surface area contributed by atoms with Gasteiger partial charge in [0.2, 0.25) is 5.91 Å². The van der Waals surface area contributed by atoms with Crippen molar-refractivity contribution < 1.29 is 9.53 Å². The molecule has 1 aromatic carbocycles. The van der Waals surface area contributed by atoms with Gasteiger partial charge >= 0.3 is 0 Å². The maximum Gasteiger partial charge on any atom is 0.262 e. The summed E-state index contributed by atoms with van der Waals surface area (Å²) in [5.74, 6) is -0.251. The van der Waals surface area contributed by atoms with Crippen molar-refractivity contribution in [2.75, 3.05) is 19.0 Å². The van der Waals surface area contributed by atoms with Gasteiger partial charge in [-0.3, -0.25) is 14.2 Å². The number of fused-ring (bicyclic) bond motifs is 1. The zero-order chi connectivity index (χ0) is 22.3. The van der Waals surface area contributed by atoms with Gasteiger partial charge in [-0.15, -0.1) is 0 Å². The van der Waals surface area contributed by atoms with Gasteiger partial charge in [-0.25, -0.2) is 4.98 Å². The number of hydrogen-bond donors (Lipinski definition) is 1. The molecule has 1 aromatic heterocycles. The Morgan fingerprint density at radius 3 is 2.83 bits per heavy atom. The van der Waals surface area contributed by atoms with Crippen LogP contribution in [0.5, 0.6) is 0 Å². The van der Waals surface area contributed by atoms with Gasteiger partial charge in [0.05, 0.1) is 22.7 Å². The molecule has 0 aliphatic rings. The summed E-state index contributed by atoms with van der Waals surface area (Å²) in [6.45, 7) is 9.00. The number of amides is 1. The lowest BCUT2D eigenvalue weighted by molar-refractivity contribution is -0.120. The van der Waals surface area contributed by atoms with Crippen molar-refractivity contribution >= 4 is 44.5 Å². The molecule has 0 saturated heterocycles. The molecule has 2 aromatic rings. The van der Waals surface area contributed by atoms with Crippen molar-refractivity contribution in [3.63, 3.8) is 0 Å². The number of nitrogens with one attached hydrogen (secondary N) is 1. The van der Waals surface area contributed by atoms with E-state index in [0.29, 0.717) is 42.2 Å². The molecule has 2 rings (SSSR count). The Labute approximate surface area is 189 Å². The molecule has 0 spiro atoms. The molecule has 0 aliphatic carbocycles. The highest BCUT2D eigenvalue weighted by molar-refractivity contribution is 9.10. The summed E-state index contributed by atoms with van der Waals surface area (Å²) < 4.78 is 7.78. The molecule has 1 unspecified atom stereocenters. The summed E-state index contributed by atoms with van der Waals surface area (Å²) in [5, 5.41) is 13.2. The molecule has 0 fully saturated rings. The van der Waals surface area contributed by atoms with E-state index in [4.69, 9.17) is 4.74 Å². The predicted molar refractivity (Wildman–Crippen MR) is 123 cm³/mol. The van der Waals surface area contributed by atoms with Gasteiger partial charge in [0.1, 0.15) is 5.54 Å². The van der Waals surface area contributed by atoms with Crippen molar-refractivity contribution in [1.82, 2.24) is 14.9 Å². The number of thioether (sulfide) groups is 1. The van der Waals surface area contributed by atoms with Crippen LogP contribution in [0.4, 0.5) is 0 Å². The van der Waals surface area contributed by atoms with Crippen LogP contribution in [0, 0.1) is 17.2 Å². The minimum Gasteiger partial charge on any atom is -0.382 e. The van der Waals surface area contributed by atoms with E-state index < -0.39 is 5.54 Å². The second-order valence-electron chi connectivity index (χ2n) is 7.37. The van der Waals surface area contributed by atoms with Crippen LogP contribution in [-0.2, 0) is 16.1 Å². The summed E-state index contributed by atoms with van der Waals surface area (Å²) in [5.41, 5.74) is -0.515. The number of hydrogen-bond acceptors (Lipinski definition) is 6. The third-order valence-electron chi connectivity index (χ3n) is 4.87. The first kappa shape index (κ1) is 24.4. The molecule has 30 heavy (non-hydrogen) atoms. The van der Waals surface area contributed by atoms with Crippen LogP contribution in [0.25, 0.3) is 10.9 Å². The second-order valence-corrected chi connectivity index (χ2v) is 9.23. The van der Waals surface area contributed by atoms with Gasteiger partial charge in [0.15, 0.2) is 5.16 Å². The maximum atomic E-state index is 13.1. The fourth-order valence-electron chi connectivity index (χ4n) is 2.71. The average Bonchev–Trinajstić information content (AvgIpc) is 2.71. The third kappa shape index (κ3) is 6.06. The Bertz CT molecular complexity index is 1000. The van der Waals surface area contributed by atoms with E-state index in [-0.39, 0.29) is 23.1 Å². The van der Waals surface area contributed by atoms with Crippen LogP contribution in [0.2, 0.25) is 0 Å². The monoisotopic (exact) mass is 494 g/mol. The Morgan fingerprint density at radius 1 is 1.47 bits per heavy atom. The Hall–Kier alpha value is -1.89. The Kier molecular flexibility index (Phi) is 8.89. The number of aromatic nitrogens is 2. The number of nitriles is 1. The molecule has 0 radical (unpaired) electrons. The standard InChI is InChI=1S/C21H27BrN4O3S/c1-5-29-10-6-9-26-19(28)16-11-15(22)7-8-17(16)24-20(26)30-12-18(27)25-21(4,13-23)14(2)3/h7-8,11,14H,5-6,9-10,12H2,1-4H3,(H,25,27). The first-order valence-electron chi connectivity index (χ1n) is 9.84. The van der Waals surface area contributed by atoms with E-state index in [1.807, 2.05) is 26.8 Å². The summed E-state index contributed by atoms with van der Waals surface area (Å²) in [4.78, 5) is 30.2. The predicted octanol–water partition coefficient (Wildman–Crippen LogP) is 3.73. The van der Waals surface area contributed by atoms with Crippen molar-refractivity contribution in [1.29, 1.82) is 5.26 Å². The highest BCUT2D eigenvalue weighted by Gasteiger charge is 2.30. The van der Waals surface area contributed by atoms with E-state index >= 15 is 0 Å². The zero-order valence-corrected chi connectivity index (χ0v) is 20.1. The molecule has 0 aliphatic heterocycles. The van der Waals surface area contributed by atoms with Crippen molar-refractivity contribution in [3.05, 3.63) is 33.0 Å². The second kappa shape index (κ2) is 10.9. The van der Waals surface area contributed by atoms with E-state index in [2.05, 4.69) is 32.3 Å². The minimum absolute atomic E-state index is 0.0366. The smallest absolute Gasteiger partial charge is 0.262 e. The van der Waals surface area contributed by atoms with E-state index in [9.17, 15) is 14.9 Å². The molecule has 1 heterocycles. The molecule has 9 heteroatoms. The summed E-state index contributed by atoms with van der Waals surface area (Å²) in [7, 11) is 0. The molecular formula is C21H27BrN4O3S. The van der Waals surface area contributed by atoms with E-state index in [1.165, 1.54) is 11.8 Å². The van der Waals surface area contributed by atoms with E-state index in [1.54, 1.807) is 23.6 Å². The molecule has 1 N–H and O–H groups in total. The molecule has 0 saturated carbocycles. The normalized spacial score (nSPS) is 13.2. The maximum absolute atomic E-state index is 13.1. The molecule has 162 valence electrons. The number of benzene rings is 1. The lowest BCUT2D eigenvalue weighted by Gasteiger charge is -2.27. The fourth-order valence-corrected chi connectivity index (χ4v) is 3.89. The quantitative estimate of drug-likeness (QED) is 0.307. The number of halogens is 1. The first-order valence-corrected chi connectivity index (χ1v) is 11.6. The summed E-state index contributed by atoms with van der Waals surface area (Å²) in [6, 6.07) is 7.53. The first-order chi connectivity index (χ1) is 14.2. The number of carbonyl (C=O) groups excluding carboxylic acids is 1. The average molecular weight is 495 g/mol. The van der Waals surface area contributed by atoms with Gasteiger partial charge in [-0.05, 0) is 44.4 Å². The van der Waals surface area contributed by atoms with Crippen LogP contribution < -0.4 is 10.9 Å². The number of rotatable bonds is 10. The van der Waals surface area contributed by atoms with Gasteiger partial charge in [0.25, 0.3) is 5.56 Å². The van der Waals surface area contributed by atoms with Crippen LogP contribution in [0.3, 0.4) is 0 Å². The molecule has 1 amide bonds. The number of nitrogens with zero attached hydrogens (tertiary/aromatic N) is 3. The molecule has 7 nitrogen and oxygen atoms in total. The summed E-state index contributed by atoms with van der Waals surface area (Å²) in [6.07, 6.45) is 0.661. The topological polar surface area (TPSA) is 97.0 Å². The van der Waals surface area contributed by atoms with Crippen molar-refractivity contribution in [3.8, 4) is 6.07 Å².